The van der Waals surface area contributed by atoms with Crippen LogP contribution in [0.15, 0.2) is 18.2 Å². The Morgan fingerprint density at radius 1 is 1.28 bits per heavy atom. The Morgan fingerprint density at radius 3 is 2.36 bits per heavy atom. The second kappa shape index (κ2) is 7.47. The molecule has 10 heteroatoms. The van der Waals surface area contributed by atoms with Crippen LogP contribution >= 0.6 is 11.6 Å². The Bertz CT molecular complexity index is 661. The van der Waals surface area contributed by atoms with Gasteiger partial charge in [0.2, 0.25) is 0 Å². The maximum absolute atomic E-state index is 13.3. The van der Waals surface area contributed by atoms with Crippen LogP contribution in [-0.2, 0) is 4.79 Å². The molecule has 1 aliphatic heterocycles. The highest BCUT2D eigenvalue weighted by Crippen LogP contribution is 2.34. The monoisotopic (exact) mass is 382 g/mol. The predicted molar refractivity (Wildman–Crippen MR) is 80.7 cm³/mol. The van der Waals surface area contributed by atoms with Crippen molar-refractivity contribution in [2.24, 2.45) is 5.92 Å². The van der Waals surface area contributed by atoms with Gasteiger partial charge in [0.05, 0.1) is 10.9 Å². The molecule has 0 radical (unpaired) electrons. The Balaban J connectivity index is 2.11. The van der Waals surface area contributed by atoms with Crippen LogP contribution in [0.3, 0.4) is 0 Å². The number of halogens is 5. The second-order valence-electron chi connectivity index (χ2n) is 5.70. The average molecular weight is 383 g/mol. The van der Waals surface area contributed by atoms with Gasteiger partial charge >= 0.3 is 18.2 Å². The summed E-state index contributed by atoms with van der Waals surface area (Å²) in [4.78, 5) is 24.1. The van der Waals surface area contributed by atoms with Crippen molar-refractivity contribution in [3.05, 3.63) is 34.6 Å². The van der Waals surface area contributed by atoms with Crippen molar-refractivity contribution >= 4 is 23.6 Å². The quantitative estimate of drug-likeness (QED) is 0.785. The molecule has 1 atom stereocenters. The van der Waals surface area contributed by atoms with Crippen molar-refractivity contribution in [2.45, 2.75) is 25.1 Å². The number of benzene rings is 1. The van der Waals surface area contributed by atoms with E-state index in [-0.39, 0.29) is 25.9 Å². The minimum Gasteiger partial charge on any atom is -0.481 e. The third-order valence-corrected chi connectivity index (χ3v) is 4.29. The first-order chi connectivity index (χ1) is 11.6. The number of aliphatic carboxylic acids is 1. The van der Waals surface area contributed by atoms with Crippen molar-refractivity contribution in [3.63, 3.8) is 0 Å². The summed E-state index contributed by atoms with van der Waals surface area (Å²) in [5.74, 6) is -2.47. The van der Waals surface area contributed by atoms with Gasteiger partial charge < -0.3 is 15.3 Å². The van der Waals surface area contributed by atoms with E-state index >= 15 is 0 Å². The fraction of sp³-hybridized carbons (Fsp3) is 0.467. The van der Waals surface area contributed by atoms with E-state index in [1.54, 1.807) is 0 Å². The molecule has 5 nitrogen and oxygen atoms in total. The summed E-state index contributed by atoms with van der Waals surface area (Å²) in [6.45, 7) is 0.0785. The number of likely N-dealkylation sites (tertiary alicyclic amines) is 1. The first-order valence-corrected chi connectivity index (χ1v) is 7.77. The molecule has 1 fully saturated rings. The van der Waals surface area contributed by atoms with Crippen molar-refractivity contribution in [1.82, 2.24) is 10.2 Å². The third-order valence-electron chi connectivity index (χ3n) is 4.00. The Labute approximate surface area is 145 Å². The molecule has 1 saturated heterocycles. The number of urea groups is 1. The van der Waals surface area contributed by atoms with E-state index in [0.29, 0.717) is 0 Å². The molecule has 1 unspecified atom stereocenters. The van der Waals surface area contributed by atoms with E-state index in [4.69, 9.17) is 16.7 Å². The van der Waals surface area contributed by atoms with Crippen molar-refractivity contribution in [2.75, 3.05) is 13.1 Å². The number of nitrogens with zero attached hydrogens (tertiary/aromatic N) is 1. The lowest BCUT2D eigenvalue weighted by atomic mass is 9.97. The molecule has 138 valence electrons. The fourth-order valence-electron chi connectivity index (χ4n) is 2.59. The number of piperidine rings is 1. The molecule has 1 aromatic carbocycles. The summed E-state index contributed by atoms with van der Waals surface area (Å²) < 4.78 is 53.0. The standard InChI is InChI=1S/C15H15ClF4N2O3/c16-10-7-9(1-2-11(10)17)12(15(18,19)20)21-14(25)22-5-3-8(4-6-22)13(23)24/h1-2,7-8,12H,3-6H2,(H,21,25)(H,23,24). The largest absolute Gasteiger partial charge is 0.481 e. The highest BCUT2D eigenvalue weighted by Gasteiger charge is 2.43. The van der Waals surface area contributed by atoms with Gasteiger partial charge in [0.25, 0.3) is 0 Å². The van der Waals surface area contributed by atoms with Crippen LogP contribution in [0, 0.1) is 11.7 Å². The Kier molecular flexibility index (Phi) is 5.76. The molecule has 0 spiro atoms. The van der Waals surface area contributed by atoms with Crippen molar-refractivity contribution in [3.8, 4) is 0 Å². The van der Waals surface area contributed by atoms with Gasteiger partial charge in [0.15, 0.2) is 6.04 Å². The highest BCUT2D eigenvalue weighted by molar-refractivity contribution is 6.30. The molecule has 0 saturated carbocycles. The van der Waals surface area contributed by atoms with Gasteiger partial charge in [-0.05, 0) is 30.5 Å². The molecule has 25 heavy (non-hydrogen) atoms. The molecule has 1 aliphatic rings. The van der Waals surface area contributed by atoms with Crippen LogP contribution in [-0.4, -0.2) is 41.3 Å². The van der Waals surface area contributed by atoms with E-state index in [9.17, 15) is 27.2 Å². The van der Waals surface area contributed by atoms with Gasteiger partial charge in [-0.3, -0.25) is 4.79 Å². The van der Waals surface area contributed by atoms with Crippen LogP contribution in [0.1, 0.15) is 24.4 Å². The predicted octanol–water partition coefficient (Wildman–Crippen LogP) is 3.59. The van der Waals surface area contributed by atoms with E-state index in [1.165, 1.54) is 0 Å². The molecule has 1 aromatic rings. The summed E-state index contributed by atoms with van der Waals surface area (Å²) in [7, 11) is 0. The van der Waals surface area contributed by atoms with Crippen molar-refractivity contribution in [1.29, 1.82) is 0 Å². The number of carbonyl (C=O) groups is 2. The van der Waals surface area contributed by atoms with E-state index in [1.807, 2.05) is 5.32 Å². The van der Waals surface area contributed by atoms with Crippen LogP contribution < -0.4 is 5.32 Å². The second-order valence-corrected chi connectivity index (χ2v) is 6.10. The Morgan fingerprint density at radius 2 is 1.88 bits per heavy atom. The summed E-state index contributed by atoms with van der Waals surface area (Å²) in [5.41, 5.74) is -0.396. The number of alkyl halides is 3. The molecule has 0 aliphatic carbocycles. The topological polar surface area (TPSA) is 69.6 Å². The van der Waals surface area contributed by atoms with E-state index in [0.717, 1.165) is 23.1 Å². The molecule has 2 N–H and O–H groups in total. The van der Waals surface area contributed by atoms with Gasteiger partial charge in [0, 0.05) is 13.1 Å². The smallest absolute Gasteiger partial charge is 0.412 e. The van der Waals surface area contributed by atoms with Crippen LogP contribution in [0.4, 0.5) is 22.4 Å². The molecular formula is C15H15ClF4N2O3. The van der Waals surface area contributed by atoms with Crippen LogP contribution in [0.2, 0.25) is 5.02 Å². The van der Waals surface area contributed by atoms with Gasteiger partial charge in [-0.15, -0.1) is 0 Å². The molecule has 2 amide bonds. The molecule has 2 rings (SSSR count). The van der Waals surface area contributed by atoms with E-state index in [2.05, 4.69) is 0 Å². The highest BCUT2D eigenvalue weighted by atomic mass is 35.5. The van der Waals surface area contributed by atoms with Gasteiger partial charge in [-0.25, -0.2) is 9.18 Å². The summed E-state index contributed by atoms with van der Waals surface area (Å²) >= 11 is 5.52. The molecule has 0 bridgehead atoms. The summed E-state index contributed by atoms with van der Waals surface area (Å²) in [6, 6.07) is -0.814. The lowest BCUT2D eigenvalue weighted by Gasteiger charge is -2.32. The maximum atomic E-state index is 13.3. The SMILES string of the molecule is O=C(O)C1CCN(C(=O)NC(c2ccc(F)c(Cl)c2)C(F)(F)F)CC1. The van der Waals surface area contributed by atoms with E-state index < -0.39 is 46.5 Å². The normalized spacial score (nSPS) is 17.2. The number of carboxylic acid groups (broad SMARTS) is 1. The number of rotatable bonds is 3. The first-order valence-electron chi connectivity index (χ1n) is 7.39. The lowest BCUT2D eigenvalue weighted by Crippen LogP contribution is -2.49. The molecular weight excluding hydrogens is 368 g/mol. The zero-order valence-corrected chi connectivity index (χ0v) is 13.6. The number of carbonyl (C=O) groups excluding carboxylic acids is 1. The molecule has 1 heterocycles. The Hall–Kier alpha value is -2.03. The van der Waals surface area contributed by atoms with Gasteiger partial charge in [-0.2, -0.15) is 13.2 Å². The van der Waals surface area contributed by atoms with Crippen LogP contribution in [0.25, 0.3) is 0 Å². The summed E-state index contributed by atoms with van der Waals surface area (Å²) in [6.07, 6.45) is -4.47. The third kappa shape index (κ3) is 4.75. The number of amides is 2. The lowest BCUT2D eigenvalue weighted by molar-refractivity contribution is -0.155. The maximum Gasteiger partial charge on any atom is 0.412 e. The average Bonchev–Trinajstić information content (AvgIpc) is 2.54. The van der Waals surface area contributed by atoms with Crippen LogP contribution in [0.5, 0.6) is 0 Å². The first kappa shape index (κ1) is 19.3. The van der Waals surface area contributed by atoms with Gasteiger partial charge in [-0.1, -0.05) is 17.7 Å². The number of hydrogen-bond acceptors (Lipinski definition) is 2. The number of carboxylic acids is 1. The minimum absolute atomic E-state index is 0.0392. The summed E-state index contributed by atoms with van der Waals surface area (Å²) in [5, 5.41) is 10.3. The van der Waals surface area contributed by atoms with Crippen molar-refractivity contribution < 1.29 is 32.3 Å². The zero-order chi connectivity index (χ0) is 18.8. The number of nitrogens with one attached hydrogen (secondary N) is 1. The zero-order valence-electron chi connectivity index (χ0n) is 12.8. The molecule has 0 aromatic heterocycles. The van der Waals surface area contributed by atoms with Gasteiger partial charge in [0.1, 0.15) is 5.82 Å². The minimum atomic E-state index is -4.81. The fourth-order valence-corrected chi connectivity index (χ4v) is 2.78. The number of hydrogen-bond donors (Lipinski definition) is 2.